The number of rotatable bonds is 7. The lowest BCUT2D eigenvalue weighted by Crippen LogP contribution is -2.16. The van der Waals surface area contributed by atoms with Crippen LogP contribution in [0, 0.1) is 12.7 Å². The van der Waals surface area contributed by atoms with Crippen molar-refractivity contribution in [3.8, 4) is 17.2 Å². The van der Waals surface area contributed by atoms with Crippen molar-refractivity contribution in [2.24, 2.45) is 5.73 Å². The van der Waals surface area contributed by atoms with E-state index in [2.05, 4.69) is 20.6 Å². The Morgan fingerprint density at radius 3 is 2.41 bits per heavy atom. The second-order valence-corrected chi connectivity index (χ2v) is 7.35. The van der Waals surface area contributed by atoms with Gasteiger partial charge >= 0.3 is 0 Å². The Hall–Kier alpha value is -4.60. The number of carbonyl (C=O) groups is 2. The number of aromatic nitrogens is 4. The van der Waals surface area contributed by atoms with Crippen LogP contribution in [0.2, 0.25) is 0 Å². The Labute approximate surface area is 194 Å². The van der Waals surface area contributed by atoms with Crippen LogP contribution < -0.4 is 15.8 Å². The lowest BCUT2D eigenvalue weighted by molar-refractivity contribution is 0.0991. The molecule has 0 unspecified atom stereocenters. The third kappa shape index (κ3) is 4.60. The molecular weight excluding hydrogens is 439 g/mol. The minimum Gasteiger partial charge on any atom is -0.457 e. The van der Waals surface area contributed by atoms with E-state index in [9.17, 15) is 14.0 Å². The lowest BCUT2D eigenvalue weighted by Gasteiger charge is -2.12. The Balaban J connectivity index is 1.48. The van der Waals surface area contributed by atoms with Gasteiger partial charge in [0, 0.05) is 17.4 Å². The van der Waals surface area contributed by atoms with Crippen molar-refractivity contribution in [3.05, 3.63) is 89.3 Å². The van der Waals surface area contributed by atoms with Crippen LogP contribution in [0.5, 0.6) is 11.5 Å². The Bertz CT molecular complexity index is 1350. The average molecular weight is 460 g/mol. The molecule has 0 fully saturated rings. The van der Waals surface area contributed by atoms with E-state index < -0.39 is 11.8 Å². The molecule has 0 aliphatic rings. The Morgan fingerprint density at radius 1 is 1.06 bits per heavy atom. The van der Waals surface area contributed by atoms with E-state index >= 15 is 0 Å². The molecule has 4 rings (SSSR count). The van der Waals surface area contributed by atoms with Crippen LogP contribution in [0.15, 0.2) is 60.8 Å². The molecule has 0 aliphatic carbocycles. The van der Waals surface area contributed by atoms with Gasteiger partial charge in [-0.3, -0.25) is 14.6 Å². The molecule has 0 saturated carbocycles. The molecule has 0 bridgehead atoms. The smallest absolute Gasteiger partial charge is 0.278 e. The molecule has 0 radical (unpaired) electrons. The minimum absolute atomic E-state index is 0.146. The maximum absolute atomic E-state index is 13.2. The molecular formula is C24H21FN6O3. The first-order valence-electron chi connectivity index (χ1n) is 10.4. The van der Waals surface area contributed by atoms with Crippen LogP contribution in [-0.2, 0) is 6.42 Å². The van der Waals surface area contributed by atoms with Gasteiger partial charge in [-0.1, -0.05) is 12.1 Å². The zero-order chi connectivity index (χ0) is 24.2. The summed E-state index contributed by atoms with van der Waals surface area (Å²) in [6.07, 6.45) is 1.98. The fourth-order valence-electron chi connectivity index (χ4n) is 3.41. The predicted octanol–water partition coefficient (Wildman–Crippen LogP) is 3.82. The van der Waals surface area contributed by atoms with Crippen molar-refractivity contribution in [1.82, 2.24) is 20.0 Å². The van der Waals surface area contributed by atoms with Crippen LogP contribution in [0.4, 0.5) is 10.1 Å². The Morgan fingerprint density at radius 2 is 1.76 bits per heavy atom. The fourth-order valence-corrected chi connectivity index (χ4v) is 3.41. The number of hydrogen-bond acceptors (Lipinski definition) is 6. The van der Waals surface area contributed by atoms with E-state index in [1.54, 1.807) is 49.4 Å². The molecule has 2 heterocycles. The van der Waals surface area contributed by atoms with Crippen LogP contribution in [0.3, 0.4) is 0 Å². The van der Waals surface area contributed by atoms with Gasteiger partial charge in [0.1, 0.15) is 23.0 Å². The van der Waals surface area contributed by atoms with Gasteiger partial charge in [-0.05, 0) is 67.9 Å². The number of amides is 2. The standard InChI is InChI=1S/C24H21FN6O3/c1-3-19-20(12-13-27-22(19)23(26)32)34-18-10-6-16(7-11-18)28-24(33)21-14(2)31(30-29-21)17-8-4-15(25)5-9-17/h4-13H,3H2,1-2H3,(H2,26,32)(H,28,33). The summed E-state index contributed by atoms with van der Waals surface area (Å²) in [5.74, 6) is -0.431. The van der Waals surface area contributed by atoms with E-state index in [1.807, 2.05) is 6.92 Å². The molecule has 3 N–H and O–H groups in total. The zero-order valence-corrected chi connectivity index (χ0v) is 18.4. The van der Waals surface area contributed by atoms with Gasteiger partial charge in [0.05, 0.1) is 11.4 Å². The summed E-state index contributed by atoms with van der Waals surface area (Å²) in [5.41, 5.74) is 7.96. The largest absolute Gasteiger partial charge is 0.457 e. The van der Waals surface area contributed by atoms with Gasteiger partial charge in [-0.2, -0.15) is 0 Å². The highest BCUT2D eigenvalue weighted by molar-refractivity contribution is 6.03. The molecule has 10 heteroatoms. The topological polar surface area (TPSA) is 125 Å². The number of hydrogen-bond donors (Lipinski definition) is 2. The number of nitrogens with two attached hydrogens (primary N) is 1. The fraction of sp³-hybridized carbons (Fsp3) is 0.125. The number of nitrogens with zero attached hydrogens (tertiary/aromatic N) is 4. The molecule has 172 valence electrons. The maximum Gasteiger partial charge on any atom is 0.278 e. The van der Waals surface area contributed by atoms with E-state index in [1.165, 1.54) is 23.0 Å². The van der Waals surface area contributed by atoms with E-state index in [-0.39, 0.29) is 17.2 Å². The van der Waals surface area contributed by atoms with Crippen molar-refractivity contribution < 1.29 is 18.7 Å². The zero-order valence-electron chi connectivity index (χ0n) is 18.4. The van der Waals surface area contributed by atoms with Crippen LogP contribution in [-0.4, -0.2) is 31.8 Å². The molecule has 0 spiro atoms. The minimum atomic E-state index is -0.619. The second-order valence-electron chi connectivity index (χ2n) is 7.35. The van der Waals surface area contributed by atoms with Crippen molar-refractivity contribution in [2.75, 3.05) is 5.32 Å². The molecule has 34 heavy (non-hydrogen) atoms. The SMILES string of the molecule is CCc1c(Oc2ccc(NC(=O)c3nnn(-c4ccc(F)cc4)c3C)cc2)ccnc1C(N)=O. The van der Waals surface area contributed by atoms with Gasteiger partial charge in [-0.15, -0.1) is 5.10 Å². The molecule has 0 saturated heterocycles. The summed E-state index contributed by atoms with van der Waals surface area (Å²) in [6, 6.07) is 14.1. The van der Waals surface area contributed by atoms with Crippen LogP contribution >= 0.6 is 0 Å². The summed E-state index contributed by atoms with van der Waals surface area (Å²) < 4.78 is 20.5. The van der Waals surface area contributed by atoms with E-state index in [4.69, 9.17) is 10.5 Å². The van der Waals surface area contributed by atoms with Gasteiger partial charge in [-0.25, -0.2) is 9.07 Å². The second kappa shape index (κ2) is 9.49. The number of benzene rings is 2. The molecule has 0 aliphatic heterocycles. The maximum atomic E-state index is 13.2. The third-order valence-electron chi connectivity index (χ3n) is 5.12. The van der Waals surface area contributed by atoms with Gasteiger partial charge in [0.15, 0.2) is 5.69 Å². The van der Waals surface area contributed by atoms with E-state index in [0.29, 0.717) is 40.6 Å². The quantitative estimate of drug-likeness (QED) is 0.432. The molecule has 9 nitrogen and oxygen atoms in total. The third-order valence-corrected chi connectivity index (χ3v) is 5.12. The summed E-state index contributed by atoms with van der Waals surface area (Å²) >= 11 is 0. The predicted molar refractivity (Wildman–Crippen MR) is 123 cm³/mol. The average Bonchev–Trinajstić information content (AvgIpc) is 3.22. The van der Waals surface area contributed by atoms with Crippen molar-refractivity contribution >= 4 is 17.5 Å². The van der Waals surface area contributed by atoms with Crippen LogP contribution in [0.25, 0.3) is 5.69 Å². The summed E-state index contributed by atoms with van der Waals surface area (Å²) in [4.78, 5) is 28.4. The summed E-state index contributed by atoms with van der Waals surface area (Å²) in [6.45, 7) is 3.58. The molecule has 2 aromatic carbocycles. The lowest BCUT2D eigenvalue weighted by atomic mass is 10.1. The van der Waals surface area contributed by atoms with Gasteiger partial charge in [0.2, 0.25) is 0 Å². The molecule has 4 aromatic rings. The van der Waals surface area contributed by atoms with E-state index in [0.717, 1.165) is 0 Å². The first kappa shape index (κ1) is 22.6. The number of halogens is 1. The number of carbonyl (C=O) groups excluding carboxylic acids is 2. The Kier molecular flexibility index (Phi) is 6.30. The van der Waals surface area contributed by atoms with Crippen molar-refractivity contribution in [3.63, 3.8) is 0 Å². The van der Waals surface area contributed by atoms with Gasteiger partial charge < -0.3 is 15.8 Å². The highest BCUT2D eigenvalue weighted by Gasteiger charge is 2.18. The monoisotopic (exact) mass is 460 g/mol. The number of primary amides is 1. The summed E-state index contributed by atoms with van der Waals surface area (Å²) in [5, 5.41) is 10.7. The number of anilines is 1. The molecule has 0 atom stereocenters. The molecule has 2 aromatic heterocycles. The highest BCUT2D eigenvalue weighted by atomic mass is 19.1. The summed E-state index contributed by atoms with van der Waals surface area (Å²) in [7, 11) is 0. The molecule has 2 amide bonds. The number of ether oxygens (including phenoxy) is 1. The number of pyridine rings is 1. The van der Waals surface area contributed by atoms with Crippen LogP contribution in [0.1, 0.15) is 39.2 Å². The normalized spacial score (nSPS) is 10.7. The first-order chi connectivity index (χ1) is 16.4. The highest BCUT2D eigenvalue weighted by Crippen LogP contribution is 2.28. The number of nitrogens with one attached hydrogen (secondary N) is 1. The van der Waals surface area contributed by atoms with Crippen molar-refractivity contribution in [2.45, 2.75) is 20.3 Å². The first-order valence-corrected chi connectivity index (χ1v) is 10.4. The van der Waals surface area contributed by atoms with Gasteiger partial charge in [0.25, 0.3) is 11.8 Å². The van der Waals surface area contributed by atoms with Crippen molar-refractivity contribution in [1.29, 1.82) is 0 Å².